The maximum absolute atomic E-state index is 13.2. The van der Waals surface area contributed by atoms with Gasteiger partial charge in [0.05, 0.1) is 6.42 Å². The lowest BCUT2D eigenvalue weighted by Gasteiger charge is -2.31. The molecule has 0 saturated carbocycles. The van der Waals surface area contributed by atoms with Crippen molar-refractivity contribution in [1.29, 1.82) is 0 Å². The number of carbonyl (C=O) groups excluding carboxylic acids is 4. The molecule has 0 saturated heterocycles. The molecule has 0 radical (unpaired) electrons. The van der Waals surface area contributed by atoms with Gasteiger partial charge in [0, 0.05) is 18.7 Å². The first-order valence-electron chi connectivity index (χ1n) is 10.2. The molecule has 2 unspecified atom stereocenters. The van der Waals surface area contributed by atoms with E-state index in [0.29, 0.717) is 11.1 Å². The minimum absolute atomic E-state index is 0.181. The average Bonchev–Trinajstić information content (AvgIpc) is 2.65. The molecule has 0 spiro atoms. The van der Waals surface area contributed by atoms with Crippen molar-refractivity contribution in [3.8, 4) is 12.3 Å². The normalized spacial score (nSPS) is 12.8. The quantitative estimate of drug-likeness (QED) is 0.523. The maximum atomic E-state index is 13.2. The van der Waals surface area contributed by atoms with Crippen molar-refractivity contribution in [2.45, 2.75) is 64.8 Å². The molecular weight excluding hydrogens is 412 g/mol. The molecule has 0 bridgehead atoms. The number of benzene rings is 1. The fraction of sp³-hybridized carbons (Fsp3) is 0.478. The van der Waals surface area contributed by atoms with Crippen molar-refractivity contribution in [1.82, 2.24) is 15.5 Å². The number of likely N-dealkylation sites (N-methyl/N-ethyl adjacent to an activating group) is 1. The molecule has 174 valence electrons. The van der Waals surface area contributed by atoms with Crippen LogP contribution >= 0.6 is 0 Å². The van der Waals surface area contributed by atoms with Crippen LogP contribution in [0.2, 0.25) is 0 Å². The lowest BCUT2D eigenvalue weighted by Crippen LogP contribution is -2.53. The summed E-state index contributed by atoms with van der Waals surface area (Å²) in [7, 11) is 1.41. The zero-order valence-corrected chi connectivity index (χ0v) is 19.4. The van der Waals surface area contributed by atoms with Crippen molar-refractivity contribution >= 4 is 23.8 Å². The van der Waals surface area contributed by atoms with Gasteiger partial charge in [0.15, 0.2) is 0 Å². The van der Waals surface area contributed by atoms with Gasteiger partial charge in [-0.3, -0.25) is 14.4 Å². The minimum Gasteiger partial charge on any atom is -0.444 e. The molecule has 0 heterocycles. The Morgan fingerprint density at radius 2 is 1.69 bits per heavy atom. The van der Waals surface area contributed by atoms with Crippen LogP contribution < -0.4 is 16.4 Å². The smallest absolute Gasteiger partial charge is 0.408 e. The van der Waals surface area contributed by atoms with Crippen molar-refractivity contribution < 1.29 is 23.9 Å². The molecule has 9 heteroatoms. The monoisotopic (exact) mass is 444 g/mol. The van der Waals surface area contributed by atoms with Gasteiger partial charge >= 0.3 is 6.09 Å². The van der Waals surface area contributed by atoms with Crippen LogP contribution in [0.1, 0.15) is 58.2 Å². The molecule has 0 aromatic heterocycles. The van der Waals surface area contributed by atoms with E-state index in [2.05, 4.69) is 16.6 Å². The first-order valence-corrected chi connectivity index (χ1v) is 10.2. The van der Waals surface area contributed by atoms with Crippen LogP contribution in [-0.4, -0.2) is 53.4 Å². The third kappa shape index (κ3) is 8.30. The predicted octanol–water partition coefficient (Wildman–Crippen LogP) is 1.46. The lowest BCUT2D eigenvalue weighted by molar-refractivity contribution is -0.141. The van der Waals surface area contributed by atoms with Gasteiger partial charge in [-0.05, 0) is 52.3 Å². The molecular formula is C23H32N4O5. The summed E-state index contributed by atoms with van der Waals surface area (Å²) in [6.45, 7) is 8.57. The summed E-state index contributed by atoms with van der Waals surface area (Å²) in [6, 6.07) is 4.08. The second-order valence-electron chi connectivity index (χ2n) is 8.65. The molecule has 0 aliphatic rings. The molecule has 4 N–H and O–H groups in total. The molecule has 0 aliphatic heterocycles. The number of amides is 4. The highest BCUT2D eigenvalue weighted by Gasteiger charge is 2.35. The van der Waals surface area contributed by atoms with Crippen LogP contribution in [0, 0.1) is 12.3 Å². The van der Waals surface area contributed by atoms with E-state index in [1.807, 2.05) is 0 Å². The van der Waals surface area contributed by atoms with Gasteiger partial charge in [0.1, 0.15) is 17.7 Å². The Kier molecular flexibility index (Phi) is 9.26. The molecule has 0 fully saturated rings. The third-order valence-corrected chi connectivity index (χ3v) is 4.20. The molecule has 4 amide bonds. The Balaban J connectivity index is 3.26. The summed E-state index contributed by atoms with van der Waals surface area (Å²) in [6.07, 6.45) is 4.05. The van der Waals surface area contributed by atoms with Crippen LogP contribution in [0.5, 0.6) is 0 Å². The molecule has 9 nitrogen and oxygen atoms in total. The van der Waals surface area contributed by atoms with Crippen LogP contribution in [0.4, 0.5) is 4.79 Å². The number of rotatable bonds is 8. The van der Waals surface area contributed by atoms with Crippen molar-refractivity contribution in [2.75, 3.05) is 7.05 Å². The summed E-state index contributed by atoms with van der Waals surface area (Å²) in [4.78, 5) is 51.1. The number of nitrogens with zero attached hydrogens (tertiary/aromatic N) is 1. The molecule has 1 rings (SSSR count). The Morgan fingerprint density at radius 3 is 2.12 bits per heavy atom. The third-order valence-electron chi connectivity index (χ3n) is 4.20. The number of carbonyl (C=O) groups is 4. The first kappa shape index (κ1) is 26.5. The van der Waals surface area contributed by atoms with Crippen LogP contribution in [-0.2, 0) is 19.1 Å². The molecule has 1 aromatic carbocycles. The van der Waals surface area contributed by atoms with E-state index >= 15 is 0 Å². The summed E-state index contributed by atoms with van der Waals surface area (Å²) in [5.41, 5.74) is 5.59. The number of nitrogens with two attached hydrogens (primary N) is 1. The van der Waals surface area contributed by atoms with Gasteiger partial charge in [-0.1, -0.05) is 18.1 Å². The van der Waals surface area contributed by atoms with Crippen molar-refractivity contribution in [2.24, 2.45) is 5.73 Å². The van der Waals surface area contributed by atoms with E-state index in [1.165, 1.54) is 7.05 Å². The Bertz CT molecular complexity index is 881. The number of hydrogen-bond donors (Lipinski definition) is 3. The van der Waals surface area contributed by atoms with E-state index in [0.717, 1.165) is 4.90 Å². The highest BCUT2D eigenvalue weighted by molar-refractivity contribution is 5.94. The number of ether oxygens (including phenoxy) is 1. The topological polar surface area (TPSA) is 131 Å². The van der Waals surface area contributed by atoms with E-state index in [4.69, 9.17) is 16.9 Å². The summed E-state index contributed by atoms with van der Waals surface area (Å²) < 4.78 is 5.18. The van der Waals surface area contributed by atoms with Crippen molar-refractivity contribution in [3.63, 3.8) is 0 Å². The number of nitrogens with one attached hydrogen (secondary N) is 2. The highest BCUT2D eigenvalue weighted by Crippen LogP contribution is 2.22. The Morgan fingerprint density at radius 1 is 1.12 bits per heavy atom. The lowest BCUT2D eigenvalue weighted by atomic mass is 10.0. The Hall–Kier alpha value is -3.54. The van der Waals surface area contributed by atoms with Crippen LogP contribution in [0.15, 0.2) is 24.3 Å². The minimum atomic E-state index is -1.31. The van der Waals surface area contributed by atoms with Gasteiger partial charge in [-0.2, -0.15) is 0 Å². The number of terminal acetylenes is 1. The molecule has 0 aliphatic carbocycles. The van der Waals surface area contributed by atoms with E-state index in [1.54, 1.807) is 58.9 Å². The Labute approximate surface area is 189 Å². The molecule has 2 atom stereocenters. The van der Waals surface area contributed by atoms with E-state index in [9.17, 15) is 19.2 Å². The van der Waals surface area contributed by atoms with Gasteiger partial charge in [-0.15, -0.1) is 6.42 Å². The summed E-state index contributed by atoms with van der Waals surface area (Å²) in [5, 5.41) is 5.16. The standard InChI is InChI=1S/C23H32N4O5/c1-8-15-9-11-16(12-10-15)19(20(29)25-14(2)3)27(7)21(30)17(13-18(24)28)26-22(31)32-23(4,5)6/h1,9-12,14,17,19H,13H2,2-7H3,(H2,24,28)(H,25,29)(H,26,31). The summed E-state index contributed by atoms with van der Waals surface area (Å²) in [5.74, 6) is 0.584. The zero-order chi connectivity index (χ0) is 24.6. The molecule has 1 aromatic rings. The predicted molar refractivity (Wildman–Crippen MR) is 120 cm³/mol. The second kappa shape index (κ2) is 11.2. The fourth-order valence-electron chi connectivity index (χ4n) is 2.90. The highest BCUT2D eigenvalue weighted by atomic mass is 16.6. The number of alkyl carbamates (subject to hydrolysis) is 1. The zero-order valence-electron chi connectivity index (χ0n) is 19.4. The van der Waals surface area contributed by atoms with Crippen LogP contribution in [0.25, 0.3) is 0 Å². The average molecular weight is 445 g/mol. The maximum Gasteiger partial charge on any atom is 0.408 e. The van der Waals surface area contributed by atoms with Crippen molar-refractivity contribution in [3.05, 3.63) is 35.4 Å². The summed E-state index contributed by atoms with van der Waals surface area (Å²) >= 11 is 0. The van der Waals surface area contributed by atoms with Gasteiger partial charge < -0.3 is 26.0 Å². The SMILES string of the molecule is C#Cc1ccc(C(C(=O)NC(C)C)N(C)C(=O)C(CC(N)=O)NC(=O)OC(C)(C)C)cc1. The van der Waals surface area contributed by atoms with E-state index in [-0.39, 0.29) is 6.04 Å². The largest absolute Gasteiger partial charge is 0.444 e. The van der Waals surface area contributed by atoms with Crippen LogP contribution in [0.3, 0.4) is 0 Å². The van der Waals surface area contributed by atoms with Gasteiger partial charge in [-0.25, -0.2) is 4.79 Å². The number of primary amides is 1. The fourth-order valence-corrected chi connectivity index (χ4v) is 2.90. The second-order valence-corrected chi connectivity index (χ2v) is 8.65. The molecule has 32 heavy (non-hydrogen) atoms. The first-order chi connectivity index (χ1) is 14.7. The van der Waals surface area contributed by atoms with Gasteiger partial charge in [0.25, 0.3) is 0 Å². The number of hydrogen-bond acceptors (Lipinski definition) is 5. The van der Waals surface area contributed by atoms with Gasteiger partial charge in [0.2, 0.25) is 17.7 Å². The van der Waals surface area contributed by atoms with E-state index < -0.39 is 47.9 Å².